The van der Waals surface area contributed by atoms with Gasteiger partial charge < -0.3 is 0 Å². The topological polar surface area (TPSA) is 0 Å². The Morgan fingerprint density at radius 1 is 0.296 bits per heavy atom. The van der Waals surface area contributed by atoms with Crippen LogP contribution in [0.5, 0.6) is 0 Å². The van der Waals surface area contributed by atoms with Gasteiger partial charge in [-0.05, 0) is 139 Å². The van der Waals surface area contributed by atoms with Gasteiger partial charge in [0.25, 0.3) is 0 Å². The number of fused-ring (bicyclic) bond motifs is 20. The largest absolute Gasteiger partial charge is 0.0620 e. The van der Waals surface area contributed by atoms with Crippen molar-refractivity contribution in [1.29, 1.82) is 0 Å². The van der Waals surface area contributed by atoms with Gasteiger partial charge in [-0.15, -0.1) is 0 Å². The van der Waals surface area contributed by atoms with Crippen molar-refractivity contribution in [3.8, 4) is 0 Å². The first-order chi connectivity index (χ1) is 13.1. The molecule has 0 aromatic heterocycles. The Hall–Kier alpha value is 0. The molecule has 0 heteroatoms. The highest BCUT2D eigenvalue weighted by atomic mass is 14.8. The first-order valence-electron chi connectivity index (χ1n) is 13.1. The molecule has 0 N–H and O–H groups in total. The maximum atomic E-state index is 2.63. The third kappa shape index (κ3) is 1.50. The van der Waals surface area contributed by atoms with Crippen LogP contribution < -0.4 is 0 Å². The average Bonchev–Trinajstić information content (AvgIpc) is 3.47. The summed E-state index contributed by atoms with van der Waals surface area (Å²) in [6.45, 7) is 10.5. The summed E-state index contributed by atoms with van der Waals surface area (Å²) in [6.07, 6.45) is 8.40. The lowest BCUT2D eigenvalue weighted by Gasteiger charge is -2.60. The van der Waals surface area contributed by atoms with E-state index in [0.29, 0.717) is 0 Å². The van der Waals surface area contributed by atoms with Gasteiger partial charge in [0.05, 0.1) is 0 Å². The molecule has 148 valence electrons. The minimum atomic E-state index is 1.05. The molecule has 8 aliphatic carbocycles. The molecule has 27 heavy (non-hydrogen) atoms. The first kappa shape index (κ1) is 15.8. The molecule has 8 aliphatic rings. The van der Waals surface area contributed by atoms with Crippen LogP contribution >= 0.6 is 0 Å². The Balaban J connectivity index is 1.12. The second-order valence-corrected chi connectivity index (χ2v) is 13.6. The molecule has 8 saturated carbocycles. The first-order valence-corrected chi connectivity index (χ1v) is 13.1. The summed E-state index contributed by atoms with van der Waals surface area (Å²) < 4.78 is 0. The van der Waals surface area contributed by atoms with Gasteiger partial charge in [0.2, 0.25) is 0 Å². The number of hydrogen-bond donors (Lipinski definition) is 0. The Morgan fingerprint density at radius 3 is 1.00 bits per heavy atom. The summed E-state index contributed by atoms with van der Waals surface area (Å²) in [5.41, 5.74) is 0. The Bertz CT molecular complexity index is 638. The zero-order valence-electron chi connectivity index (χ0n) is 17.9. The third-order valence-corrected chi connectivity index (χ3v) is 14.1. The summed E-state index contributed by atoms with van der Waals surface area (Å²) in [5.74, 6) is 20.6. The van der Waals surface area contributed by atoms with E-state index in [1.165, 1.54) is 59.2 Å². The highest BCUT2D eigenvalue weighted by Gasteiger charge is 2.72. The third-order valence-electron chi connectivity index (χ3n) is 14.1. The zero-order valence-corrected chi connectivity index (χ0v) is 17.9. The monoisotopic (exact) mass is 364 g/mol. The molecule has 0 nitrogen and oxygen atoms in total. The van der Waals surface area contributed by atoms with Crippen molar-refractivity contribution in [1.82, 2.24) is 0 Å². The Morgan fingerprint density at radius 2 is 0.593 bits per heavy atom. The fourth-order valence-corrected chi connectivity index (χ4v) is 13.3. The molecule has 0 aliphatic heterocycles. The summed E-state index contributed by atoms with van der Waals surface area (Å²) in [4.78, 5) is 0. The molecule has 18 atom stereocenters. The van der Waals surface area contributed by atoms with Crippen molar-refractivity contribution in [2.45, 2.75) is 59.8 Å². The van der Waals surface area contributed by atoms with Crippen molar-refractivity contribution >= 4 is 0 Å². The summed E-state index contributed by atoms with van der Waals surface area (Å²) >= 11 is 0. The molecular formula is C27H40. The van der Waals surface area contributed by atoms with Crippen molar-refractivity contribution in [2.24, 2.45) is 107 Å². The predicted octanol–water partition coefficient (Wildman–Crippen LogP) is 6.22. The van der Waals surface area contributed by atoms with Crippen molar-refractivity contribution < 1.29 is 0 Å². The second-order valence-electron chi connectivity index (χ2n) is 13.6. The number of hydrogen-bond acceptors (Lipinski definition) is 0. The van der Waals surface area contributed by atoms with E-state index in [9.17, 15) is 0 Å². The molecule has 0 heterocycles. The smallest absolute Gasteiger partial charge is 0.0318 e. The maximum Gasteiger partial charge on any atom is -0.0318 e. The Kier molecular flexibility index (Phi) is 2.73. The van der Waals surface area contributed by atoms with Crippen LogP contribution in [0.3, 0.4) is 0 Å². The zero-order chi connectivity index (χ0) is 17.9. The van der Waals surface area contributed by atoms with Crippen molar-refractivity contribution in [3.05, 3.63) is 0 Å². The lowest BCUT2D eigenvalue weighted by Crippen LogP contribution is -2.54. The molecule has 8 rings (SSSR count). The van der Waals surface area contributed by atoms with Crippen molar-refractivity contribution in [2.75, 3.05) is 0 Å². The summed E-state index contributed by atoms with van der Waals surface area (Å²) in [6, 6.07) is 0. The van der Waals surface area contributed by atoms with E-state index in [1.54, 1.807) is 32.1 Å². The molecule has 0 saturated heterocycles. The van der Waals surface area contributed by atoms with Crippen LogP contribution in [0.25, 0.3) is 0 Å². The normalized spacial score (nSPS) is 76.9. The van der Waals surface area contributed by atoms with Crippen LogP contribution in [-0.4, -0.2) is 0 Å². The van der Waals surface area contributed by atoms with Gasteiger partial charge in [0.1, 0.15) is 0 Å². The van der Waals surface area contributed by atoms with Gasteiger partial charge in [-0.1, -0.05) is 27.7 Å². The van der Waals surface area contributed by atoms with Crippen molar-refractivity contribution in [3.63, 3.8) is 0 Å². The molecule has 0 aromatic rings. The summed E-state index contributed by atoms with van der Waals surface area (Å²) in [7, 11) is 0. The van der Waals surface area contributed by atoms with Gasteiger partial charge in [-0.25, -0.2) is 0 Å². The quantitative estimate of drug-likeness (QED) is 0.448. The molecular weight excluding hydrogens is 324 g/mol. The highest BCUT2D eigenvalue weighted by Crippen LogP contribution is 2.78. The lowest BCUT2D eigenvalue weighted by atomic mass is 9.45. The molecule has 0 aromatic carbocycles. The molecule has 0 spiro atoms. The molecule has 0 amide bonds. The van der Waals surface area contributed by atoms with Gasteiger partial charge >= 0.3 is 0 Å². The minimum Gasteiger partial charge on any atom is -0.0620 e. The van der Waals surface area contributed by atoms with Crippen LogP contribution in [0, 0.1) is 107 Å². The SMILES string of the molecule is CC1C(C)C2CC1C1C3CC(C4CC5C(CC43)C3CC5C4C(C)C(C)C34)C21. The van der Waals surface area contributed by atoms with E-state index in [4.69, 9.17) is 0 Å². The van der Waals surface area contributed by atoms with E-state index in [1.807, 2.05) is 0 Å². The number of rotatable bonds is 0. The van der Waals surface area contributed by atoms with Gasteiger partial charge in [-0.2, -0.15) is 0 Å². The Labute approximate surface area is 166 Å². The van der Waals surface area contributed by atoms with E-state index in [0.717, 1.165) is 47.3 Å². The van der Waals surface area contributed by atoms with E-state index in [-0.39, 0.29) is 0 Å². The minimum absolute atomic E-state index is 1.05. The average molecular weight is 365 g/mol. The fourth-order valence-electron chi connectivity index (χ4n) is 13.3. The van der Waals surface area contributed by atoms with Crippen LogP contribution in [0.1, 0.15) is 59.8 Å². The van der Waals surface area contributed by atoms with Gasteiger partial charge in [0.15, 0.2) is 0 Å². The summed E-state index contributed by atoms with van der Waals surface area (Å²) in [5, 5.41) is 0. The van der Waals surface area contributed by atoms with E-state index >= 15 is 0 Å². The van der Waals surface area contributed by atoms with Gasteiger partial charge in [0, 0.05) is 0 Å². The predicted molar refractivity (Wildman–Crippen MR) is 109 cm³/mol. The fraction of sp³-hybridized carbons (Fsp3) is 1.00. The molecule has 0 radical (unpaired) electrons. The van der Waals surface area contributed by atoms with E-state index in [2.05, 4.69) is 27.7 Å². The highest BCUT2D eigenvalue weighted by molar-refractivity contribution is 5.20. The standard InChI is InChI=1S/C27H40/c1-10-11(2)15-5-14(10)26-22-9-23(27(15)26)19-7-17-16(6-18(19)22)20-8-21(17)25-13(4)12(3)24(20)25/h10-27H,5-9H2,1-4H3. The van der Waals surface area contributed by atoms with Crippen LogP contribution in [-0.2, 0) is 0 Å². The maximum absolute atomic E-state index is 2.63. The molecule has 8 fully saturated rings. The lowest BCUT2D eigenvalue weighted by molar-refractivity contribution is -0.119. The van der Waals surface area contributed by atoms with Crippen LogP contribution in [0.4, 0.5) is 0 Å². The van der Waals surface area contributed by atoms with Crippen LogP contribution in [0.2, 0.25) is 0 Å². The molecule has 6 bridgehead atoms. The van der Waals surface area contributed by atoms with E-state index < -0.39 is 0 Å². The van der Waals surface area contributed by atoms with Crippen LogP contribution in [0.15, 0.2) is 0 Å². The molecule has 18 unspecified atom stereocenters. The van der Waals surface area contributed by atoms with Gasteiger partial charge in [-0.3, -0.25) is 0 Å². The second kappa shape index (κ2) is 4.67.